The second-order valence-electron chi connectivity index (χ2n) is 9.75. The van der Waals surface area contributed by atoms with Crippen LogP contribution in [0.5, 0.6) is 5.75 Å². The molecule has 3 amide bonds. The van der Waals surface area contributed by atoms with Crippen molar-refractivity contribution >= 4 is 36.1 Å². The Morgan fingerprint density at radius 2 is 1.58 bits per heavy atom. The number of nitrogens with two attached hydrogens (primary N) is 1. The lowest BCUT2D eigenvalue weighted by molar-refractivity contribution is -0.140. The number of carbonyl (C=O) groups is 4. The zero-order valence-electron chi connectivity index (χ0n) is 23.1. The molecule has 0 aliphatic rings. The summed E-state index contributed by atoms with van der Waals surface area (Å²) in [4.78, 5) is 50.2. The Bertz CT molecular complexity index is 881. The van der Waals surface area contributed by atoms with Crippen LogP contribution in [0.1, 0.15) is 65.4 Å². The van der Waals surface area contributed by atoms with Crippen molar-refractivity contribution in [3.63, 3.8) is 0 Å². The quantitative estimate of drug-likeness (QED) is 0.154. The van der Waals surface area contributed by atoms with Crippen LogP contribution in [-0.2, 0) is 30.3 Å². The Morgan fingerprint density at radius 3 is 2.13 bits per heavy atom. The summed E-state index contributed by atoms with van der Waals surface area (Å²) in [6, 6.07) is 3.82. The monoisotopic (exact) mass is 556 g/mol. The largest absolute Gasteiger partial charge is 0.508 e. The summed E-state index contributed by atoms with van der Waals surface area (Å²) >= 11 is 0. The van der Waals surface area contributed by atoms with Gasteiger partial charge in [-0.25, -0.2) is 0 Å². The summed E-state index contributed by atoms with van der Waals surface area (Å²) in [6.45, 7) is 7.86. The van der Waals surface area contributed by atoms with E-state index in [2.05, 4.69) is 20.7 Å². The van der Waals surface area contributed by atoms with Crippen molar-refractivity contribution in [1.29, 1.82) is 0 Å². The number of carbonyl (C=O) groups excluding carboxylic acids is 4. The standard InChI is InChI=1S/C27H44N4O6.ClH/c1-6-18(4)24(27(36)29-15-9-7-8-10-22(33)37-5)31-25(34)21(30-26(35)23(28)17(2)3)16-19-11-13-20(32)14-12-19;/h11-14,17-18,21,23-24,32H,6-10,15-16,28H2,1-5H3,(H,29,36)(H,30,35)(H,31,34);1H/t18-,21-,23-,24-;/m0./s1. The number of phenolic OH excluding ortho intramolecular Hbond substituents is 1. The predicted molar refractivity (Wildman–Crippen MR) is 149 cm³/mol. The zero-order valence-corrected chi connectivity index (χ0v) is 23.9. The fraction of sp³-hybridized carbons (Fsp3) is 0.630. The van der Waals surface area contributed by atoms with Gasteiger partial charge in [-0.15, -0.1) is 12.4 Å². The average Bonchev–Trinajstić information content (AvgIpc) is 2.88. The van der Waals surface area contributed by atoms with Crippen molar-refractivity contribution in [2.45, 2.75) is 84.3 Å². The van der Waals surface area contributed by atoms with Gasteiger partial charge in [0.05, 0.1) is 13.2 Å². The van der Waals surface area contributed by atoms with Crippen LogP contribution >= 0.6 is 12.4 Å². The van der Waals surface area contributed by atoms with Crippen molar-refractivity contribution in [1.82, 2.24) is 16.0 Å². The maximum absolute atomic E-state index is 13.3. The maximum Gasteiger partial charge on any atom is 0.305 e. The number of unbranched alkanes of at least 4 members (excludes halogenated alkanes) is 2. The molecule has 0 aromatic heterocycles. The lowest BCUT2D eigenvalue weighted by Crippen LogP contribution is -2.58. The first-order chi connectivity index (χ1) is 17.5. The summed E-state index contributed by atoms with van der Waals surface area (Å²) in [7, 11) is 1.35. The van der Waals surface area contributed by atoms with E-state index < -0.39 is 29.9 Å². The summed E-state index contributed by atoms with van der Waals surface area (Å²) in [5.41, 5.74) is 6.72. The molecule has 0 aliphatic carbocycles. The van der Waals surface area contributed by atoms with Crippen molar-refractivity contribution in [2.24, 2.45) is 17.6 Å². The molecule has 0 bridgehead atoms. The number of phenols is 1. The van der Waals surface area contributed by atoms with Gasteiger partial charge in [0.25, 0.3) is 0 Å². The van der Waals surface area contributed by atoms with Gasteiger partial charge in [0.15, 0.2) is 0 Å². The van der Waals surface area contributed by atoms with Crippen LogP contribution in [0.25, 0.3) is 0 Å². The van der Waals surface area contributed by atoms with Crippen LogP contribution in [-0.4, -0.2) is 60.6 Å². The lowest BCUT2D eigenvalue weighted by atomic mass is 9.96. The molecule has 11 heteroatoms. The molecule has 0 aliphatic heterocycles. The minimum absolute atomic E-state index is 0. The third-order valence-corrected chi connectivity index (χ3v) is 6.41. The van der Waals surface area contributed by atoms with Gasteiger partial charge >= 0.3 is 5.97 Å². The van der Waals surface area contributed by atoms with Crippen molar-refractivity contribution in [3.05, 3.63) is 29.8 Å². The first kappa shape index (κ1) is 35.2. The van der Waals surface area contributed by atoms with Crippen molar-refractivity contribution in [3.8, 4) is 5.75 Å². The number of ether oxygens (including phenoxy) is 1. The minimum Gasteiger partial charge on any atom is -0.508 e. The van der Waals surface area contributed by atoms with Crippen molar-refractivity contribution in [2.75, 3.05) is 13.7 Å². The number of benzene rings is 1. The molecule has 216 valence electrons. The molecule has 38 heavy (non-hydrogen) atoms. The lowest BCUT2D eigenvalue weighted by Gasteiger charge is -2.27. The van der Waals surface area contributed by atoms with Crippen LogP contribution in [0.2, 0.25) is 0 Å². The number of methoxy groups -OCH3 is 1. The van der Waals surface area contributed by atoms with Crippen LogP contribution in [0.3, 0.4) is 0 Å². The molecule has 0 saturated heterocycles. The second kappa shape index (κ2) is 18.4. The molecular weight excluding hydrogens is 512 g/mol. The van der Waals surface area contributed by atoms with E-state index in [0.717, 1.165) is 12.0 Å². The molecule has 0 heterocycles. The molecule has 1 rings (SSSR count). The molecule has 4 atom stereocenters. The third kappa shape index (κ3) is 12.6. The number of nitrogens with one attached hydrogen (secondary N) is 3. The molecule has 10 nitrogen and oxygen atoms in total. The first-order valence-corrected chi connectivity index (χ1v) is 13.0. The highest BCUT2D eigenvalue weighted by molar-refractivity contribution is 5.93. The Kier molecular flexibility index (Phi) is 17.0. The molecule has 0 radical (unpaired) electrons. The number of aromatic hydroxyl groups is 1. The van der Waals surface area contributed by atoms with Gasteiger partial charge in [0.2, 0.25) is 17.7 Å². The van der Waals surface area contributed by atoms with Crippen molar-refractivity contribution < 1.29 is 29.0 Å². The minimum atomic E-state index is -0.959. The molecule has 0 unspecified atom stereocenters. The van der Waals surface area contributed by atoms with Crippen LogP contribution < -0.4 is 21.7 Å². The molecule has 0 spiro atoms. The fourth-order valence-electron chi connectivity index (χ4n) is 3.60. The molecule has 0 fully saturated rings. The van der Waals surface area contributed by atoms with Gasteiger partial charge in [-0.2, -0.15) is 0 Å². The number of hydrogen-bond donors (Lipinski definition) is 5. The van der Waals surface area contributed by atoms with Crippen LogP contribution in [0.4, 0.5) is 0 Å². The summed E-state index contributed by atoms with van der Waals surface area (Å²) in [5.74, 6) is -1.68. The molecule has 0 saturated carbocycles. The van der Waals surface area contributed by atoms with Gasteiger partial charge in [0, 0.05) is 19.4 Å². The summed E-state index contributed by atoms with van der Waals surface area (Å²) in [5, 5.41) is 18.0. The second-order valence-corrected chi connectivity index (χ2v) is 9.75. The van der Waals surface area contributed by atoms with Gasteiger partial charge in [-0.05, 0) is 42.4 Å². The third-order valence-electron chi connectivity index (χ3n) is 6.41. The fourth-order valence-corrected chi connectivity index (χ4v) is 3.60. The topological polar surface area (TPSA) is 160 Å². The highest BCUT2D eigenvalue weighted by Crippen LogP contribution is 2.13. The van der Waals surface area contributed by atoms with Crippen LogP contribution in [0.15, 0.2) is 24.3 Å². The Balaban J connectivity index is 0.0000137. The van der Waals surface area contributed by atoms with Gasteiger partial charge in [-0.1, -0.05) is 52.7 Å². The number of halogens is 1. The number of rotatable bonds is 16. The number of hydrogen-bond acceptors (Lipinski definition) is 7. The Labute approximate surface area is 232 Å². The average molecular weight is 557 g/mol. The molecule has 6 N–H and O–H groups in total. The van der Waals surface area contributed by atoms with Gasteiger partial charge < -0.3 is 31.5 Å². The Hall–Kier alpha value is -2.85. The van der Waals surface area contributed by atoms with Crippen LogP contribution in [0, 0.1) is 11.8 Å². The zero-order chi connectivity index (χ0) is 28.0. The number of amides is 3. The Morgan fingerprint density at radius 1 is 0.947 bits per heavy atom. The molecular formula is C27H45ClN4O6. The smallest absolute Gasteiger partial charge is 0.305 e. The van der Waals surface area contributed by atoms with E-state index in [4.69, 9.17) is 5.73 Å². The van der Waals surface area contributed by atoms with Gasteiger partial charge in [-0.3, -0.25) is 19.2 Å². The highest BCUT2D eigenvalue weighted by atomic mass is 35.5. The van der Waals surface area contributed by atoms with E-state index in [0.29, 0.717) is 32.2 Å². The molecule has 1 aromatic carbocycles. The maximum atomic E-state index is 13.3. The van der Waals surface area contributed by atoms with E-state index in [1.54, 1.807) is 12.1 Å². The summed E-state index contributed by atoms with van der Waals surface area (Å²) in [6.07, 6.45) is 3.28. The first-order valence-electron chi connectivity index (χ1n) is 13.0. The normalized spacial score (nSPS) is 13.9. The predicted octanol–water partition coefficient (Wildman–Crippen LogP) is 2.21. The van der Waals surface area contributed by atoms with E-state index in [-0.39, 0.29) is 48.3 Å². The summed E-state index contributed by atoms with van der Waals surface area (Å²) < 4.78 is 4.62. The number of esters is 1. The van der Waals surface area contributed by atoms with E-state index >= 15 is 0 Å². The SMILES string of the molecule is CC[C@H](C)[C@H](NC(=O)[C@H](Cc1ccc(O)cc1)NC(=O)[C@@H](N)C(C)C)C(=O)NCCCCCC(=O)OC.Cl. The van der Waals surface area contributed by atoms with E-state index in [1.807, 2.05) is 27.7 Å². The highest BCUT2D eigenvalue weighted by Gasteiger charge is 2.31. The van der Waals surface area contributed by atoms with E-state index in [9.17, 15) is 24.3 Å². The van der Waals surface area contributed by atoms with E-state index in [1.165, 1.54) is 19.2 Å². The van der Waals surface area contributed by atoms with Gasteiger partial charge in [0.1, 0.15) is 17.8 Å². The molecule has 1 aromatic rings.